The molecule has 2 heterocycles. The number of aromatic nitrogens is 2. The van der Waals surface area contributed by atoms with Crippen LogP contribution in [0.15, 0.2) is 12.1 Å². The molecule has 29 heavy (non-hydrogen) atoms. The number of anilines is 2. The molecule has 1 fully saturated rings. The van der Waals surface area contributed by atoms with Crippen LogP contribution in [-0.2, 0) is 4.79 Å². The molecule has 9 heteroatoms. The van der Waals surface area contributed by atoms with Crippen molar-refractivity contribution in [3.8, 4) is 11.5 Å². The van der Waals surface area contributed by atoms with Crippen LogP contribution in [0.25, 0.3) is 10.9 Å². The van der Waals surface area contributed by atoms with Gasteiger partial charge < -0.3 is 30.5 Å². The lowest BCUT2D eigenvalue weighted by Crippen LogP contribution is -2.48. The van der Waals surface area contributed by atoms with E-state index in [2.05, 4.69) is 15.3 Å². The molecule has 1 unspecified atom stereocenters. The van der Waals surface area contributed by atoms with Gasteiger partial charge in [-0.3, -0.25) is 4.79 Å². The van der Waals surface area contributed by atoms with Gasteiger partial charge in [0.2, 0.25) is 11.9 Å². The maximum atomic E-state index is 12.1. The molecule has 0 bridgehead atoms. The first-order valence-electron chi connectivity index (χ1n) is 9.76. The van der Waals surface area contributed by atoms with Crippen molar-refractivity contribution < 1.29 is 19.4 Å². The molecule has 2 aromatic rings. The summed E-state index contributed by atoms with van der Waals surface area (Å²) in [6, 6.07) is 3.58. The van der Waals surface area contributed by atoms with E-state index in [1.807, 2.05) is 18.7 Å². The minimum Gasteiger partial charge on any atom is -0.493 e. The molecule has 1 saturated heterocycles. The van der Waals surface area contributed by atoms with Crippen LogP contribution in [0.2, 0.25) is 0 Å². The van der Waals surface area contributed by atoms with E-state index in [0.29, 0.717) is 47.3 Å². The van der Waals surface area contributed by atoms with E-state index in [4.69, 9.17) is 15.2 Å². The highest BCUT2D eigenvalue weighted by molar-refractivity contribution is 5.91. The average Bonchev–Trinajstić information content (AvgIpc) is 2.72. The van der Waals surface area contributed by atoms with Crippen molar-refractivity contribution in [1.82, 2.24) is 15.3 Å². The second kappa shape index (κ2) is 8.69. The third-order valence-electron chi connectivity index (χ3n) is 5.24. The molecule has 0 aliphatic carbocycles. The van der Waals surface area contributed by atoms with Gasteiger partial charge >= 0.3 is 0 Å². The number of amides is 1. The summed E-state index contributed by atoms with van der Waals surface area (Å²) in [4.78, 5) is 23.2. The Morgan fingerprint density at radius 2 is 1.83 bits per heavy atom. The zero-order valence-electron chi connectivity index (χ0n) is 17.3. The third kappa shape index (κ3) is 4.45. The summed E-state index contributed by atoms with van der Waals surface area (Å²) in [6.45, 7) is 5.00. The van der Waals surface area contributed by atoms with Gasteiger partial charge in [0.25, 0.3) is 0 Å². The third-order valence-corrected chi connectivity index (χ3v) is 5.24. The number of fused-ring (bicyclic) bond motifs is 1. The number of aliphatic hydroxyl groups is 1. The predicted molar refractivity (Wildman–Crippen MR) is 111 cm³/mol. The van der Waals surface area contributed by atoms with Crippen molar-refractivity contribution in [2.45, 2.75) is 38.8 Å². The van der Waals surface area contributed by atoms with Crippen LogP contribution < -0.4 is 25.4 Å². The molecule has 1 atom stereocenters. The molecule has 1 aliphatic rings. The van der Waals surface area contributed by atoms with Gasteiger partial charge in [-0.05, 0) is 24.8 Å². The molecule has 1 aliphatic heterocycles. The zero-order valence-corrected chi connectivity index (χ0v) is 17.3. The Morgan fingerprint density at radius 3 is 2.41 bits per heavy atom. The summed E-state index contributed by atoms with van der Waals surface area (Å²) in [5.74, 6) is 1.65. The van der Waals surface area contributed by atoms with Gasteiger partial charge in [-0.1, -0.05) is 13.8 Å². The van der Waals surface area contributed by atoms with Crippen LogP contribution in [-0.4, -0.2) is 60.4 Å². The highest BCUT2D eigenvalue weighted by atomic mass is 16.5. The number of hydrogen-bond acceptors (Lipinski definition) is 8. The molecule has 9 nitrogen and oxygen atoms in total. The van der Waals surface area contributed by atoms with Crippen LogP contribution in [0.3, 0.4) is 0 Å². The lowest BCUT2D eigenvalue weighted by Gasteiger charge is -2.33. The number of aliphatic hydroxyl groups excluding tert-OH is 1. The predicted octanol–water partition coefficient (Wildman–Crippen LogP) is 1.33. The van der Waals surface area contributed by atoms with E-state index >= 15 is 0 Å². The van der Waals surface area contributed by atoms with Gasteiger partial charge in [0.1, 0.15) is 11.9 Å². The maximum Gasteiger partial charge on any atom is 0.249 e. The van der Waals surface area contributed by atoms with Gasteiger partial charge in [0.05, 0.1) is 19.7 Å². The Balaban J connectivity index is 1.73. The molecule has 0 spiro atoms. The number of nitrogen functional groups attached to an aromatic ring is 1. The van der Waals surface area contributed by atoms with Crippen LogP contribution in [0.1, 0.15) is 26.7 Å². The number of nitrogens with zero attached hydrogens (tertiary/aromatic N) is 3. The monoisotopic (exact) mass is 403 g/mol. The highest BCUT2D eigenvalue weighted by Gasteiger charge is 2.26. The van der Waals surface area contributed by atoms with E-state index in [-0.39, 0.29) is 17.9 Å². The molecule has 3 rings (SSSR count). The second-order valence-electron chi connectivity index (χ2n) is 7.59. The SMILES string of the molecule is COc1cc2nc(N3CCC(NC(=O)C(O)C(C)C)CC3)nc(N)c2cc1OC. The fourth-order valence-corrected chi connectivity index (χ4v) is 3.42. The minimum absolute atomic E-state index is 0.0225. The molecule has 0 saturated carbocycles. The Morgan fingerprint density at radius 1 is 1.21 bits per heavy atom. The molecular formula is C20H29N5O4. The van der Waals surface area contributed by atoms with Gasteiger partial charge in [-0.15, -0.1) is 0 Å². The Labute approximate surface area is 170 Å². The van der Waals surface area contributed by atoms with E-state index in [1.165, 1.54) is 0 Å². The molecule has 1 aromatic heterocycles. The number of nitrogens with two attached hydrogens (primary N) is 1. The Kier molecular flexibility index (Phi) is 6.26. The normalized spacial score (nSPS) is 16.1. The number of hydrogen-bond donors (Lipinski definition) is 3. The molecule has 4 N–H and O–H groups in total. The van der Waals surface area contributed by atoms with Gasteiger partial charge in [-0.25, -0.2) is 4.98 Å². The molecule has 158 valence electrons. The summed E-state index contributed by atoms with van der Waals surface area (Å²) in [5, 5.41) is 13.5. The van der Waals surface area contributed by atoms with Gasteiger partial charge in [0.15, 0.2) is 11.5 Å². The highest BCUT2D eigenvalue weighted by Crippen LogP contribution is 2.34. The maximum absolute atomic E-state index is 12.1. The summed E-state index contributed by atoms with van der Waals surface area (Å²) >= 11 is 0. The summed E-state index contributed by atoms with van der Waals surface area (Å²) in [6.07, 6.45) is 0.497. The lowest BCUT2D eigenvalue weighted by atomic mass is 10.0. The minimum atomic E-state index is -0.983. The fourth-order valence-electron chi connectivity index (χ4n) is 3.42. The largest absolute Gasteiger partial charge is 0.493 e. The molecule has 1 amide bonds. The fraction of sp³-hybridized carbons (Fsp3) is 0.550. The van der Waals surface area contributed by atoms with Crippen LogP contribution in [0.4, 0.5) is 11.8 Å². The smallest absolute Gasteiger partial charge is 0.249 e. The van der Waals surface area contributed by atoms with E-state index < -0.39 is 6.10 Å². The quantitative estimate of drug-likeness (QED) is 0.660. The molecular weight excluding hydrogens is 374 g/mol. The van der Waals surface area contributed by atoms with Crippen molar-refractivity contribution in [3.63, 3.8) is 0 Å². The average molecular weight is 403 g/mol. The Hall–Kier alpha value is -2.81. The first-order valence-corrected chi connectivity index (χ1v) is 9.76. The van der Waals surface area contributed by atoms with Gasteiger partial charge in [0, 0.05) is 30.6 Å². The number of carbonyl (C=O) groups excluding carboxylic acids is 1. The number of piperidine rings is 1. The topological polar surface area (TPSA) is 123 Å². The van der Waals surface area contributed by atoms with E-state index in [1.54, 1.807) is 26.4 Å². The number of ether oxygens (including phenoxy) is 2. The Bertz CT molecular complexity index is 881. The van der Waals surface area contributed by atoms with E-state index in [9.17, 15) is 9.90 Å². The summed E-state index contributed by atoms with van der Waals surface area (Å²) < 4.78 is 10.7. The first kappa shape index (κ1) is 20.9. The van der Waals surface area contributed by atoms with Crippen LogP contribution >= 0.6 is 0 Å². The van der Waals surface area contributed by atoms with Crippen molar-refractivity contribution >= 4 is 28.6 Å². The zero-order chi connectivity index (χ0) is 21.1. The van der Waals surface area contributed by atoms with Gasteiger partial charge in [-0.2, -0.15) is 4.98 Å². The molecule has 1 aromatic carbocycles. The van der Waals surface area contributed by atoms with Crippen molar-refractivity contribution in [3.05, 3.63) is 12.1 Å². The van der Waals surface area contributed by atoms with Crippen molar-refractivity contribution in [1.29, 1.82) is 0 Å². The summed E-state index contributed by atoms with van der Waals surface area (Å²) in [7, 11) is 3.14. The van der Waals surface area contributed by atoms with E-state index in [0.717, 1.165) is 12.8 Å². The summed E-state index contributed by atoms with van der Waals surface area (Å²) in [5.41, 5.74) is 6.86. The van der Waals surface area contributed by atoms with Crippen LogP contribution in [0, 0.1) is 5.92 Å². The first-order chi connectivity index (χ1) is 13.8. The lowest BCUT2D eigenvalue weighted by molar-refractivity contribution is -0.132. The standard InChI is InChI=1S/C20H29N5O4/c1-11(2)17(26)19(27)22-12-5-7-25(8-6-12)20-23-14-10-16(29-4)15(28-3)9-13(14)18(21)24-20/h9-12,17,26H,5-8H2,1-4H3,(H,22,27)(H2,21,23,24). The van der Waals surface area contributed by atoms with Crippen LogP contribution in [0.5, 0.6) is 11.5 Å². The number of carbonyl (C=O) groups is 1. The number of nitrogens with one attached hydrogen (secondary N) is 1. The number of methoxy groups -OCH3 is 2. The van der Waals surface area contributed by atoms with Crippen molar-refractivity contribution in [2.75, 3.05) is 37.9 Å². The number of benzene rings is 1. The number of rotatable bonds is 6. The van der Waals surface area contributed by atoms with Crippen molar-refractivity contribution in [2.24, 2.45) is 5.92 Å². The molecule has 0 radical (unpaired) electrons. The second-order valence-corrected chi connectivity index (χ2v) is 7.59.